The van der Waals surface area contributed by atoms with Crippen molar-refractivity contribution in [3.05, 3.63) is 89.5 Å². The number of benzene rings is 2. The van der Waals surface area contributed by atoms with Gasteiger partial charge in [0.2, 0.25) is 0 Å². The average molecular weight is 354 g/mol. The molecule has 136 valence electrons. The number of nitrogens with one attached hydrogen (secondary N) is 1. The zero-order valence-corrected chi connectivity index (χ0v) is 16.4. The molecule has 1 aliphatic carbocycles. The van der Waals surface area contributed by atoms with E-state index < -0.39 is 0 Å². The Hall–Kier alpha value is -2.72. The fraction of sp³-hybridized carbons (Fsp3) is 0.308. The summed E-state index contributed by atoms with van der Waals surface area (Å²) < 4.78 is 0. The Morgan fingerprint density at radius 3 is 2.70 bits per heavy atom. The fourth-order valence-electron chi connectivity index (χ4n) is 4.39. The molecule has 0 aliphatic heterocycles. The lowest BCUT2D eigenvalue weighted by Crippen LogP contribution is -2.17. The summed E-state index contributed by atoms with van der Waals surface area (Å²) in [5.41, 5.74) is 5.31. The van der Waals surface area contributed by atoms with E-state index in [0.717, 1.165) is 0 Å². The highest BCUT2D eigenvalue weighted by atomic mass is 14.9. The molecule has 0 spiro atoms. The van der Waals surface area contributed by atoms with E-state index in [0.29, 0.717) is 11.8 Å². The number of anilines is 1. The molecule has 1 aliphatic rings. The van der Waals surface area contributed by atoms with Crippen molar-refractivity contribution < 1.29 is 0 Å². The molecule has 4 rings (SSSR count). The van der Waals surface area contributed by atoms with Crippen molar-refractivity contribution in [3.63, 3.8) is 0 Å². The highest BCUT2D eigenvalue weighted by Crippen LogP contribution is 2.40. The minimum atomic E-state index is 0.211. The number of para-hydroxylation sites is 1. The zero-order valence-electron chi connectivity index (χ0n) is 16.4. The predicted octanol–water partition coefficient (Wildman–Crippen LogP) is 6.99. The van der Waals surface area contributed by atoms with Gasteiger partial charge in [-0.2, -0.15) is 0 Å². The van der Waals surface area contributed by atoms with Crippen molar-refractivity contribution >= 4 is 16.5 Å². The van der Waals surface area contributed by atoms with E-state index >= 15 is 0 Å². The van der Waals surface area contributed by atoms with Crippen LogP contribution in [0.1, 0.15) is 55.3 Å². The summed E-state index contributed by atoms with van der Waals surface area (Å²) in [6, 6.07) is 23.7. The Balaban J connectivity index is 1.83. The molecule has 3 aromatic rings. The lowest BCUT2D eigenvalue weighted by Gasteiger charge is -2.30. The number of fused-ring (bicyclic) bond motifs is 1. The van der Waals surface area contributed by atoms with Gasteiger partial charge in [-0.15, -0.1) is 0 Å². The van der Waals surface area contributed by atoms with Crippen LogP contribution in [0.3, 0.4) is 0 Å². The fourth-order valence-corrected chi connectivity index (χ4v) is 4.39. The molecule has 3 aromatic carbocycles. The van der Waals surface area contributed by atoms with Crippen molar-refractivity contribution in [1.82, 2.24) is 0 Å². The topological polar surface area (TPSA) is 12.0 Å². The molecule has 0 radical (unpaired) electrons. The van der Waals surface area contributed by atoms with E-state index in [2.05, 4.69) is 92.8 Å². The first-order valence-corrected chi connectivity index (χ1v) is 9.98. The Kier molecular flexibility index (Phi) is 4.90. The normalized spacial score (nSPS) is 20.3. The van der Waals surface area contributed by atoms with Gasteiger partial charge in [0, 0.05) is 17.6 Å². The molecular weight excluding hydrogens is 326 g/mol. The number of rotatable bonds is 4. The van der Waals surface area contributed by atoms with E-state index in [4.69, 9.17) is 0 Å². The van der Waals surface area contributed by atoms with E-state index in [1.807, 2.05) is 6.07 Å². The lowest BCUT2D eigenvalue weighted by molar-refractivity contribution is 0.466. The number of hydrogen-bond acceptors (Lipinski definition) is 1. The Morgan fingerprint density at radius 2 is 1.89 bits per heavy atom. The van der Waals surface area contributed by atoms with E-state index in [1.165, 1.54) is 46.0 Å². The van der Waals surface area contributed by atoms with Gasteiger partial charge in [-0.3, -0.25) is 0 Å². The molecule has 0 heterocycles. The molecule has 0 saturated carbocycles. The van der Waals surface area contributed by atoms with Crippen LogP contribution in [0.5, 0.6) is 0 Å². The summed E-state index contributed by atoms with van der Waals surface area (Å²) >= 11 is 0. The molecule has 0 aromatic heterocycles. The second-order valence-corrected chi connectivity index (χ2v) is 7.84. The molecule has 1 nitrogen and oxygen atoms in total. The zero-order chi connectivity index (χ0) is 18.8. The highest BCUT2D eigenvalue weighted by molar-refractivity contribution is 5.87. The Labute approximate surface area is 163 Å². The van der Waals surface area contributed by atoms with E-state index in [1.54, 1.807) is 0 Å². The molecule has 3 atom stereocenters. The molecule has 0 fully saturated rings. The summed E-state index contributed by atoms with van der Waals surface area (Å²) in [5, 5.41) is 6.28. The third kappa shape index (κ3) is 3.45. The van der Waals surface area contributed by atoms with E-state index in [9.17, 15) is 0 Å². The summed E-state index contributed by atoms with van der Waals surface area (Å²) in [6.07, 6.45) is 7.22. The molecule has 1 N–H and O–H groups in total. The molecule has 27 heavy (non-hydrogen) atoms. The van der Waals surface area contributed by atoms with Crippen LogP contribution in [0.15, 0.2) is 60.7 Å². The van der Waals surface area contributed by atoms with Crippen molar-refractivity contribution in [2.24, 2.45) is 5.92 Å². The number of aryl methyl sites for hydroxylation is 1. The van der Waals surface area contributed by atoms with Crippen LogP contribution in [-0.2, 0) is 0 Å². The second-order valence-electron chi connectivity index (χ2n) is 7.84. The van der Waals surface area contributed by atoms with Crippen LogP contribution in [0, 0.1) is 25.0 Å². The molecular formula is C26H27N. The van der Waals surface area contributed by atoms with Gasteiger partial charge in [0.15, 0.2) is 0 Å². The largest absolute Gasteiger partial charge is 0.378 e. The van der Waals surface area contributed by atoms with Gasteiger partial charge in [0.25, 0.3) is 0 Å². The van der Waals surface area contributed by atoms with Crippen LogP contribution in [0.25, 0.3) is 10.8 Å². The lowest BCUT2D eigenvalue weighted by atomic mass is 9.77. The molecule has 0 saturated heterocycles. The van der Waals surface area contributed by atoms with E-state index in [-0.39, 0.29) is 6.04 Å². The smallest absolute Gasteiger partial charge is 0.0495 e. The first-order valence-electron chi connectivity index (χ1n) is 9.98. The van der Waals surface area contributed by atoms with Crippen LogP contribution in [0.4, 0.5) is 5.69 Å². The number of hydrogen-bond donors (Lipinski definition) is 1. The molecule has 0 amide bonds. The third-order valence-corrected chi connectivity index (χ3v) is 5.94. The maximum atomic E-state index is 3.76. The Morgan fingerprint density at radius 1 is 1.07 bits per heavy atom. The van der Waals surface area contributed by atoms with Gasteiger partial charge < -0.3 is 5.32 Å². The minimum Gasteiger partial charge on any atom is -0.378 e. The minimum absolute atomic E-state index is 0.211. The summed E-state index contributed by atoms with van der Waals surface area (Å²) in [5.74, 6) is 1.14. The predicted molar refractivity (Wildman–Crippen MR) is 115 cm³/mol. The Bertz CT molecular complexity index is 969. The third-order valence-electron chi connectivity index (χ3n) is 5.94. The number of allylic oxidation sites excluding steroid dienone is 2. The molecule has 1 heteroatoms. The van der Waals surface area contributed by atoms with Crippen LogP contribution >= 0.6 is 0 Å². The monoisotopic (exact) mass is 353 g/mol. The summed E-state index contributed by atoms with van der Waals surface area (Å²) in [4.78, 5) is 0. The van der Waals surface area contributed by atoms with Crippen molar-refractivity contribution in [1.29, 1.82) is 0 Å². The SMILES string of the molecule is Cc1ccccc1NC(C)c1c(C2C=CCCC2C)ccc2cc#ccc12. The second kappa shape index (κ2) is 7.49. The molecule has 3 unspecified atom stereocenters. The van der Waals surface area contributed by atoms with Crippen LogP contribution < -0.4 is 5.32 Å². The van der Waals surface area contributed by atoms with Crippen LogP contribution in [-0.4, -0.2) is 0 Å². The van der Waals surface area contributed by atoms with Gasteiger partial charge in [-0.25, -0.2) is 0 Å². The quantitative estimate of drug-likeness (QED) is 0.498. The van der Waals surface area contributed by atoms with Crippen molar-refractivity contribution in [2.75, 3.05) is 5.32 Å². The van der Waals surface area contributed by atoms with Gasteiger partial charge >= 0.3 is 0 Å². The van der Waals surface area contributed by atoms with Gasteiger partial charge in [0.05, 0.1) is 0 Å². The van der Waals surface area contributed by atoms with Crippen molar-refractivity contribution in [3.8, 4) is 0 Å². The highest BCUT2D eigenvalue weighted by Gasteiger charge is 2.25. The van der Waals surface area contributed by atoms with Gasteiger partial charge in [0.1, 0.15) is 0 Å². The first kappa shape index (κ1) is 17.7. The average Bonchev–Trinajstić information content (AvgIpc) is 2.69. The maximum Gasteiger partial charge on any atom is 0.0495 e. The standard InChI is InChI=1S/C26H27N/c1-18-10-4-7-13-22(18)24-17-16-21-12-6-8-14-23(21)26(24)20(3)27-25-15-9-5-11-19(25)2/h5,7,9,11-18,20,22,27H,4,10H2,1-3H3. The van der Waals surface area contributed by atoms with Gasteiger partial charge in [-0.1, -0.05) is 61.5 Å². The van der Waals surface area contributed by atoms with Crippen LogP contribution in [0.2, 0.25) is 0 Å². The summed E-state index contributed by atoms with van der Waals surface area (Å²) in [7, 11) is 0. The first-order chi connectivity index (χ1) is 13.1. The molecule has 0 bridgehead atoms. The summed E-state index contributed by atoms with van der Waals surface area (Å²) in [6.45, 7) is 6.82. The van der Waals surface area contributed by atoms with Gasteiger partial charge in [-0.05, 0) is 78.3 Å². The maximum absolute atomic E-state index is 3.76. The van der Waals surface area contributed by atoms with Crippen molar-refractivity contribution in [2.45, 2.75) is 45.6 Å².